The number of nitrogens with zero attached hydrogens (tertiary/aromatic N) is 5. The molecule has 1 unspecified atom stereocenters. The van der Waals surface area contributed by atoms with E-state index in [1.165, 1.54) is 4.88 Å². The van der Waals surface area contributed by atoms with Gasteiger partial charge < -0.3 is 25.1 Å². The molecule has 4 N–H and O–H groups in total. The maximum absolute atomic E-state index is 13.3. The number of piperazine rings is 1. The highest BCUT2D eigenvalue weighted by molar-refractivity contribution is 7.19. The standard InChI is InChI=1S/C42H53N7O9S/c43-37(52)31(50)23-26-6-12-32-35(26)36-39(44-24-45-40(36)59-32)58-28-9-7-27(8-10-28)48-16-14-47(15-17-48)18-20-57-22-21-56-19-2-4-25-3-1-5-29-34(25)42(55)49(41(29)54)30-11-13-33(51)46-38(30)53/h1,3,5,24,26-28,30-31,50H,2,4,6-23H2,(H2,43,52)(H,46,51,53)/t26-,27?,28?,30?,31-/m1/s1. The SMILES string of the molecule is NC(=O)[C@H](O)C[C@H]1CCc2sc3ncnc(OC4CCC(N5CCN(CCOCCOCCCc6cccc7c6C(=O)N(C6CCC(=O)NC6=O)C7=O)CC5)CC4)c3c21. The molecular weight excluding hydrogens is 779 g/mol. The molecule has 3 aromatic rings. The van der Waals surface area contributed by atoms with Gasteiger partial charge in [0, 0.05) is 56.7 Å². The summed E-state index contributed by atoms with van der Waals surface area (Å²) in [5, 5.41) is 13.4. The zero-order chi connectivity index (χ0) is 41.0. The second-order valence-corrected chi connectivity index (χ2v) is 17.3. The first-order chi connectivity index (χ1) is 28.7. The van der Waals surface area contributed by atoms with Gasteiger partial charge in [0.25, 0.3) is 11.8 Å². The molecule has 3 atom stereocenters. The number of carbonyl (C=O) groups excluding carboxylic acids is 5. The Morgan fingerprint density at radius 1 is 0.932 bits per heavy atom. The van der Waals surface area contributed by atoms with Crippen LogP contribution in [0, 0.1) is 0 Å². The van der Waals surface area contributed by atoms with Crippen molar-refractivity contribution in [3.63, 3.8) is 0 Å². The average Bonchev–Trinajstić information content (AvgIpc) is 3.88. The first-order valence-electron chi connectivity index (χ1n) is 21.0. The Kier molecular flexibility index (Phi) is 13.0. The van der Waals surface area contributed by atoms with Crippen molar-refractivity contribution in [3.05, 3.63) is 51.7 Å². The summed E-state index contributed by atoms with van der Waals surface area (Å²) < 4.78 is 18.3. The number of nitrogens with two attached hydrogens (primary N) is 1. The van der Waals surface area contributed by atoms with E-state index < -0.39 is 41.7 Å². The number of fused-ring (bicyclic) bond motifs is 4. The fourth-order valence-corrected chi connectivity index (χ4v) is 10.7. The summed E-state index contributed by atoms with van der Waals surface area (Å²) in [5.74, 6) is -2.04. The van der Waals surface area contributed by atoms with Crippen molar-refractivity contribution in [3.8, 4) is 5.88 Å². The van der Waals surface area contributed by atoms with Crippen LogP contribution in [-0.4, -0.2) is 143 Å². The molecule has 0 spiro atoms. The minimum atomic E-state index is -1.17. The van der Waals surface area contributed by atoms with Crippen LogP contribution in [0.15, 0.2) is 24.5 Å². The minimum absolute atomic E-state index is 0.0325. The second-order valence-electron chi connectivity index (χ2n) is 16.2. The number of carbonyl (C=O) groups is 5. The Hall–Kier alpha value is -4.39. The molecule has 17 heteroatoms. The molecule has 3 aliphatic heterocycles. The van der Waals surface area contributed by atoms with Crippen LogP contribution in [0.5, 0.6) is 5.88 Å². The zero-order valence-electron chi connectivity index (χ0n) is 33.3. The van der Waals surface area contributed by atoms with Gasteiger partial charge in [0.15, 0.2) is 0 Å². The van der Waals surface area contributed by atoms with E-state index in [0.29, 0.717) is 68.7 Å². The number of aliphatic hydroxyl groups excluding tert-OH is 1. The van der Waals surface area contributed by atoms with E-state index in [2.05, 4.69) is 25.1 Å². The van der Waals surface area contributed by atoms with Gasteiger partial charge in [-0.15, -0.1) is 11.3 Å². The molecule has 2 aromatic heterocycles. The number of benzene rings is 1. The molecule has 1 aromatic carbocycles. The van der Waals surface area contributed by atoms with Crippen molar-refractivity contribution in [1.82, 2.24) is 30.0 Å². The van der Waals surface area contributed by atoms with Crippen LogP contribution < -0.4 is 15.8 Å². The van der Waals surface area contributed by atoms with Gasteiger partial charge in [-0.2, -0.15) is 0 Å². The quantitative estimate of drug-likeness (QED) is 0.132. The molecule has 0 bridgehead atoms. The number of hydrogen-bond donors (Lipinski definition) is 3. The summed E-state index contributed by atoms with van der Waals surface area (Å²) in [7, 11) is 0. The van der Waals surface area contributed by atoms with Crippen molar-refractivity contribution in [1.29, 1.82) is 0 Å². The number of thiophene rings is 1. The van der Waals surface area contributed by atoms with Gasteiger partial charge in [-0.1, -0.05) is 12.1 Å². The number of aromatic nitrogens is 2. The number of aryl methyl sites for hydroxylation is 2. The van der Waals surface area contributed by atoms with Gasteiger partial charge in [0.05, 0.1) is 36.3 Å². The number of primary amides is 1. The minimum Gasteiger partial charge on any atom is -0.474 e. The molecule has 5 amide bonds. The van der Waals surface area contributed by atoms with Crippen molar-refractivity contribution in [2.24, 2.45) is 5.73 Å². The zero-order valence-corrected chi connectivity index (χ0v) is 34.1. The Labute approximate surface area is 346 Å². The van der Waals surface area contributed by atoms with Crippen LogP contribution in [-0.2, 0) is 36.7 Å². The number of imide groups is 2. The molecular formula is C42H53N7O9S. The van der Waals surface area contributed by atoms with Crippen molar-refractivity contribution < 1.29 is 43.3 Å². The van der Waals surface area contributed by atoms with E-state index in [0.717, 1.165) is 97.5 Å². The third-order valence-corrected chi connectivity index (χ3v) is 13.8. The predicted octanol–water partition coefficient (Wildman–Crippen LogP) is 2.33. The van der Waals surface area contributed by atoms with Crippen molar-refractivity contribution >= 4 is 51.1 Å². The molecule has 8 rings (SSSR count). The third-order valence-electron chi connectivity index (χ3n) is 12.6. The molecule has 1 saturated carbocycles. The van der Waals surface area contributed by atoms with Crippen LogP contribution in [0.2, 0.25) is 0 Å². The third kappa shape index (κ3) is 9.05. The lowest BCUT2D eigenvalue weighted by Gasteiger charge is -2.41. The lowest BCUT2D eigenvalue weighted by atomic mass is 9.91. The molecule has 5 heterocycles. The highest BCUT2D eigenvalue weighted by Gasteiger charge is 2.45. The van der Waals surface area contributed by atoms with Crippen LogP contribution >= 0.6 is 11.3 Å². The van der Waals surface area contributed by atoms with Crippen molar-refractivity contribution in [2.45, 2.75) is 101 Å². The monoisotopic (exact) mass is 831 g/mol. The Morgan fingerprint density at radius 3 is 2.47 bits per heavy atom. The van der Waals surface area contributed by atoms with E-state index in [4.69, 9.17) is 19.9 Å². The summed E-state index contributed by atoms with van der Waals surface area (Å²) in [5.41, 5.74) is 7.86. The van der Waals surface area contributed by atoms with Gasteiger partial charge in [-0.25, -0.2) is 9.97 Å². The number of rotatable bonds is 17. The lowest BCUT2D eigenvalue weighted by molar-refractivity contribution is -0.136. The molecule has 3 fully saturated rings. The number of hydrogen-bond acceptors (Lipinski definition) is 14. The highest BCUT2D eigenvalue weighted by atomic mass is 32.1. The van der Waals surface area contributed by atoms with Gasteiger partial charge in [0.2, 0.25) is 23.6 Å². The molecule has 316 valence electrons. The van der Waals surface area contributed by atoms with Crippen LogP contribution in [0.4, 0.5) is 0 Å². The number of ether oxygens (including phenoxy) is 3. The topological polar surface area (TPSA) is 207 Å². The molecule has 0 radical (unpaired) electrons. The van der Waals surface area contributed by atoms with E-state index in [1.807, 2.05) is 6.07 Å². The van der Waals surface area contributed by atoms with E-state index in [-0.39, 0.29) is 24.9 Å². The van der Waals surface area contributed by atoms with Gasteiger partial charge in [0.1, 0.15) is 29.4 Å². The summed E-state index contributed by atoms with van der Waals surface area (Å²) in [6.45, 7) is 7.03. The Bertz CT molecular complexity index is 2060. The summed E-state index contributed by atoms with van der Waals surface area (Å²) in [4.78, 5) is 79.2. The second kappa shape index (κ2) is 18.5. The highest BCUT2D eigenvalue weighted by Crippen LogP contribution is 2.48. The Morgan fingerprint density at radius 2 is 1.71 bits per heavy atom. The van der Waals surface area contributed by atoms with E-state index in [1.54, 1.807) is 29.8 Å². The Balaban J connectivity index is 0.697. The maximum Gasteiger partial charge on any atom is 0.262 e. The maximum atomic E-state index is 13.3. The van der Waals surface area contributed by atoms with E-state index in [9.17, 15) is 29.1 Å². The fraction of sp³-hybridized carbons (Fsp3) is 0.595. The smallest absolute Gasteiger partial charge is 0.262 e. The summed E-state index contributed by atoms with van der Waals surface area (Å²) in [6, 6.07) is 4.75. The molecule has 59 heavy (non-hydrogen) atoms. The van der Waals surface area contributed by atoms with Gasteiger partial charge in [-0.05, 0) is 87.3 Å². The summed E-state index contributed by atoms with van der Waals surface area (Å²) >= 11 is 1.65. The normalized spacial score (nSPS) is 24.4. The van der Waals surface area contributed by atoms with Crippen LogP contribution in [0.25, 0.3) is 10.2 Å². The lowest BCUT2D eigenvalue weighted by Crippen LogP contribution is -2.54. The number of aliphatic hydroxyl groups is 1. The fourth-order valence-electron chi connectivity index (χ4n) is 9.46. The number of piperidine rings is 1. The molecule has 5 aliphatic rings. The van der Waals surface area contributed by atoms with E-state index >= 15 is 0 Å². The summed E-state index contributed by atoms with van der Waals surface area (Å²) in [6.07, 6.45) is 8.04. The van der Waals surface area contributed by atoms with Crippen LogP contribution in [0.3, 0.4) is 0 Å². The number of amides is 5. The first-order valence-corrected chi connectivity index (χ1v) is 21.8. The molecule has 2 aliphatic carbocycles. The largest absolute Gasteiger partial charge is 0.474 e. The first kappa shape index (κ1) is 41.3. The van der Waals surface area contributed by atoms with Gasteiger partial charge in [-0.3, -0.25) is 44.0 Å². The predicted molar refractivity (Wildman–Crippen MR) is 216 cm³/mol. The van der Waals surface area contributed by atoms with Gasteiger partial charge >= 0.3 is 0 Å². The number of nitrogens with one attached hydrogen (secondary N) is 1. The molecule has 16 nitrogen and oxygen atoms in total. The van der Waals surface area contributed by atoms with Crippen molar-refractivity contribution in [2.75, 3.05) is 59.2 Å². The van der Waals surface area contributed by atoms with Crippen LogP contribution in [0.1, 0.15) is 100 Å². The molecule has 2 saturated heterocycles. The average molecular weight is 832 g/mol.